The Bertz CT molecular complexity index is 417. The molecule has 0 fully saturated rings. The zero-order valence-corrected chi connectivity index (χ0v) is 12.9. The number of pyridine rings is 1. The number of hydrogen-bond donors (Lipinski definition) is 0. The Morgan fingerprint density at radius 3 is 2.89 bits per heavy atom. The quantitative estimate of drug-likeness (QED) is 0.409. The van der Waals surface area contributed by atoms with Crippen molar-refractivity contribution < 1.29 is 19.0 Å². The molecule has 106 valence electrons. The van der Waals surface area contributed by atoms with E-state index in [4.69, 9.17) is 25.8 Å². The van der Waals surface area contributed by atoms with E-state index < -0.39 is 5.97 Å². The summed E-state index contributed by atoms with van der Waals surface area (Å²) in [5.41, 5.74) is 0.247. The fourth-order valence-electron chi connectivity index (χ4n) is 1.21. The molecule has 0 aromatic carbocycles. The van der Waals surface area contributed by atoms with Crippen LogP contribution in [-0.4, -0.2) is 44.5 Å². The monoisotopic (exact) mass is 351 g/mol. The van der Waals surface area contributed by atoms with Crippen molar-refractivity contribution >= 4 is 33.5 Å². The Kier molecular flexibility index (Phi) is 7.97. The van der Waals surface area contributed by atoms with Gasteiger partial charge in [-0.25, -0.2) is 9.78 Å². The van der Waals surface area contributed by atoms with Crippen molar-refractivity contribution in [2.45, 2.75) is 6.42 Å². The lowest BCUT2D eigenvalue weighted by molar-refractivity contribution is 0.0385. The highest BCUT2D eigenvalue weighted by Gasteiger charge is 2.13. The van der Waals surface area contributed by atoms with Crippen LogP contribution in [0.3, 0.4) is 0 Å². The SMILES string of the molecule is COCCOCCCOC(=O)c1cc(Br)cnc1Cl. The van der Waals surface area contributed by atoms with Crippen molar-refractivity contribution in [1.82, 2.24) is 4.98 Å². The minimum atomic E-state index is -0.490. The van der Waals surface area contributed by atoms with Crippen molar-refractivity contribution in [3.8, 4) is 0 Å². The molecule has 0 N–H and O–H groups in total. The first-order valence-electron chi connectivity index (χ1n) is 5.70. The normalized spacial score (nSPS) is 10.5. The summed E-state index contributed by atoms with van der Waals surface area (Å²) >= 11 is 9.04. The molecule has 0 radical (unpaired) electrons. The molecule has 0 aliphatic carbocycles. The minimum Gasteiger partial charge on any atom is -0.462 e. The van der Waals surface area contributed by atoms with Crippen LogP contribution in [0, 0.1) is 0 Å². The van der Waals surface area contributed by atoms with Gasteiger partial charge in [-0.3, -0.25) is 0 Å². The third-order valence-corrected chi connectivity index (χ3v) is 2.86. The van der Waals surface area contributed by atoms with Crippen molar-refractivity contribution in [1.29, 1.82) is 0 Å². The van der Waals surface area contributed by atoms with Gasteiger partial charge in [-0.05, 0) is 22.0 Å². The molecule has 1 aromatic heterocycles. The number of esters is 1. The maximum atomic E-state index is 11.7. The topological polar surface area (TPSA) is 57.7 Å². The second-order valence-corrected chi connectivity index (χ2v) is 4.86. The molecule has 0 aliphatic rings. The van der Waals surface area contributed by atoms with E-state index in [1.807, 2.05) is 0 Å². The van der Waals surface area contributed by atoms with E-state index in [2.05, 4.69) is 20.9 Å². The zero-order chi connectivity index (χ0) is 14.1. The summed E-state index contributed by atoms with van der Waals surface area (Å²) in [6.07, 6.45) is 2.14. The van der Waals surface area contributed by atoms with E-state index in [9.17, 15) is 4.79 Å². The average Bonchev–Trinajstić information content (AvgIpc) is 2.40. The lowest BCUT2D eigenvalue weighted by Gasteiger charge is -2.06. The number of rotatable bonds is 8. The minimum absolute atomic E-state index is 0.129. The summed E-state index contributed by atoms with van der Waals surface area (Å²) < 4.78 is 15.8. The maximum Gasteiger partial charge on any atom is 0.341 e. The molecule has 0 atom stereocenters. The molecule has 5 nitrogen and oxygen atoms in total. The van der Waals surface area contributed by atoms with Gasteiger partial charge in [-0.15, -0.1) is 0 Å². The van der Waals surface area contributed by atoms with Gasteiger partial charge in [0.15, 0.2) is 0 Å². The van der Waals surface area contributed by atoms with Crippen LogP contribution in [0.1, 0.15) is 16.8 Å². The van der Waals surface area contributed by atoms with Gasteiger partial charge in [-0.1, -0.05) is 11.6 Å². The standard InChI is InChI=1S/C12H15BrClNO4/c1-17-5-6-18-3-2-4-19-12(16)10-7-9(13)8-15-11(10)14/h7-8H,2-6H2,1H3. The maximum absolute atomic E-state index is 11.7. The predicted molar refractivity (Wildman–Crippen MR) is 74.5 cm³/mol. The molecule has 7 heteroatoms. The molecular weight excluding hydrogens is 337 g/mol. The highest BCUT2D eigenvalue weighted by Crippen LogP contribution is 2.18. The van der Waals surface area contributed by atoms with Crippen molar-refractivity contribution in [2.75, 3.05) is 33.5 Å². The molecule has 0 amide bonds. The smallest absolute Gasteiger partial charge is 0.341 e. The first-order valence-corrected chi connectivity index (χ1v) is 6.87. The van der Waals surface area contributed by atoms with Crippen LogP contribution in [-0.2, 0) is 14.2 Å². The van der Waals surface area contributed by atoms with Crippen molar-refractivity contribution in [3.63, 3.8) is 0 Å². The molecular formula is C12H15BrClNO4. The van der Waals surface area contributed by atoms with E-state index in [1.165, 1.54) is 6.20 Å². The summed E-state index contributed by atoms with van der Waals surface area (Å²) in [4.78, 5) is 15.6. The van der Waals surface area contributed by atoms with Gasteiger partial charge >= 0.3 is 5.97 Å². The van der Waals surface area contributed by atoms with Crippen LogP contribution in [0.2, 0.25) is 5.15 Å². The Morgan fingerprint density at radius 1 is 1.37 bits per heavy atom. The van der Waals surface area contributed by atoms with Crippen LogP contribution < -0.4 is 0 Å². The third kappa shape index (κ3) is 6.33. The highest BCUT2D eigenvalue weighted by atomic mass is 79.9. The first-order chi connectivity index (χ1) is 9.15. The third-order valence-electron chi connectivity index (χ3n) is 2.12. The van der Waals surface area contributed by atoms with Gasteiger partial charge in [-0.2, -0.15) is 0 Å². The Balaban J connectivity index is 2.26. The lowest BCUT2D eigenvalue weighted by Crippen LogP contribution is -2.10. The summed E-state index contributed by atoms with van der Waals surface area (Å²) in [7, 11) is 1.61. The van der Waals surface area contributed by atoms with Gasteiger partial charge in [0.25, 0.3) is 0 Å². The van der Waals surface area contributed by atoms with E-state index in [0.29, 0.717) is 30.7 Å². The van der Waals surface area contributed by atoms with Crippen LogP contribution >= 0.6 is 27.5 Å². The Morgan fingerprint density at radius 2 is 2.16 bits per heavy atom. The fourth-order valence-corrected chi connectivity index (χ4v) is 1.73. The second-order valence-electron chi connectivity index (χ2n) is 3.59. The van der Waals surface area contributed by atoms with Gasteiger partial charge in [0.2, 0.25) is 0 Å². The van der Waals surface area contributed by atoms with Crippen LogP contribution in [0.5, 0.6) is 0 Å². The molecule has 0 aliphatic heterocycles. The van der Waals surface area contributed by atoms with E-state index in [1.54, 1.807) is 13.2 Å². The molecule has 1 aromatic rings. The zero-order valence-electron chi connectivity index (χ0n) is 10.5. The lowest BCUT2D eigenvalue weighted by atomic mass is 10.3. The molecule has 0 spiro atoms. The van der Waals surface area contributed by atoms with Gasteiger partial charge in [0.1, 0.15) is 5.15 Å². The predicted octanol–water partition coefficient (Wildman–Crippen LogP) is 2.71. The number of halogens is 2. The number of carbonyl (C=O) groups excluding carboxylic acids is 1. The van der Waals surface area contributed by atoms with E-state index in [0.717, 1.165) is 0 Å². The molecule has 0 saturated heterocycles. The summed E-state index contributed by atoms with van der Waals surface area (Å²) in [6.45, 7) is 1.88. The summed E-state index contributed by atoms with van der Waals surface area (Å²) in [5, 5.41) is 0.129. The number of nitrogens with zero attached hydrogens (tertiary/aromatic N) is 1. The number of aromatic nitrogens is 1. The molecule has 0 saturated carbocycles. The average molecular weight is 353 g/mol. The molecule has 0 bridgehead atoms. The summed E-state index contributed by atoms with van der Waals surface area (Å²) in [6, 6.07) is 1.58. The van der Waals surface area contributed by atoms with Crippen molar-refractivity contribution in [3.05, 3.63) is 27.5 Å². The second kappa shape index (κ2) is 9.25. The number of carbonyl (C=O) groups is 1. The largest absolute Gasteiger partial charge is 0.462 e. The Hall–Kier alpha value is -0.690. The van der Waals surface area contributed by atoms with Crippen LogP contribution in [0.25, 0.3) is 0 Å². The van der Waals surface area contributed by atoms with E-state index in [-0.39, 0.29) is 17.3 Å². The first kappa shape index (κ1) is 16.4. The Labute approximate surface area is 125 Å². The highest BCUT2D eigenvalue weighted by molar-refractivity contribution is 9.10. The van der Waals surface area contributed by atoms with Crippen LogP contribution in [0.15, 0.2) is 16.7 Å². The summed E-state index contributed by atoms with van der Waals surface area (Å²) in [5.74, 6) is -0.490. The van der Waals surface area contributed by atoms with E-state index >= 15 is 0 Å². The molecule has 19 heavy (non-hydrogen) atoms. The number of methoxy groups -OCH3 is 1. The molecule has 1 rings (SSSR count). The fraction of sp³-hybridized carbons (Fsp3) is 0.500. The van der Waals surface area contributed by atoms with Gasteiger partial charge in [0, 0.05) is 30.8 Å². The van der Waals surface area contributed by atoms with Gasteiger partial charge in [0.05, 0.1) is 25.4 Å². The molecule has 0 unspecified atom stereocenters. The molecule has 1 heterocycles. The number of ether oxygens (including phenoxy) is 3. The number of hydrogen-bond acceptors (Lipinski definition) is 5. The van der Waals surface area contributed by atoms with Crippen molar-refractivity contribution in [2.24, 2.45) is 0 Å². The van der Waals surface area contributed by atoms with Gasteiger partial charge < -0.3 is 14.2 Å². The van der Waals surface area contributed by atoms with Crippen LogP contribution in [0.4, 0.5) is 0 Å².